The molecule has 0 spiro atoms. The Morgan fingerprint density at radius 3 is 2.72 bits per heavy atom. The number of morpholine rings is 1. The summed E-state index contributed by atoms with van der Waals surface area (Å²) in [6.07, 6.45) is 3.05. The quantitative estimate of drug-likeness (QED) is 0.135. The molecule has 10 heteroatoms. The topological polar surface area (TPSA) is 120 Å². The van der Waals surface area contributed by atoms with Gasteiger partial charge in [-0.1, -0.05) is 12.1 Å². The van der Waals surface area contributed by atoms with E-state index >= 15 is 0 Å². The largest absolute Gasteiger partial charge is 0.506 e. The number of hydrogen-bond donors (Lipinski definition) is 5. The van der Waals surface area contributed by atoms with Gasteiger partial charge in [-0.15, -0.1) is 0 Å². The third-order valence-corrected chi connectivity index (χ3v) is 6.53. The van der Waals surface area contributed by atoms with E-state index in [9.17, 15) is 9.90 Å². The van der Waals surface area contributed by atoms with Gasteiger partial charge in [0.25, 0.3) is 5.56 Å². The monoisotopic (exact) mass is 535 g/mol. The first kappa shape index (κ1) is 28.2. The predicted molar refractivity (Wildman–Crippen MR) is 152 cm³/mol. The normalized spacial score (nSPS) is 14.3. The molecule has 0 atom stereocenters. The van der Waals surface area contributed by atoms with Gasteiger partial charge in [-0.25, -0.2) is 0 Å². The number of anilines is 1. The molecule has 39 heavy (non-hydrogen) atoms. The van der Waals surface area contributed by atoms with Crippen LogP contribution >= 0.6 is 0 Å². The van der Waals surface area contributed by atoms with Crippen molar-refractivity contribution in [3.05, 3.63) is 87.5 Å². The van der Waals surface area contributed by atoms with E-state index in [1.807, 2.05) is 44.2 Å². The minimum atomic E-state index is -0.204. The van der Waals surface area contributed by atoms with Crippen molar-refractivity contribution in [3.63, 3.8) is 0 Å². The molecule has 0 bridgehead atoms. The summed E-state index contributed by atoms with van der Waals surface area (Å²) in [6.45, 7) is 8.82. The van der Waals surface area contributed by atoms with Gasteiger partial charge in [0, 0.05) is 38.5 Å². The summed E-state index contributed by atoms with van der Waals surface area (Å²) >= 11 is 0. The van der Waals surface area contributed by atoms with Crippen molar-refractivity contribution in [1.29, 1.82) is 0 Å². The van der Waals surface area contributed by atoms with Gasteiger partial charge >= 0.3 is 0 Å². The Balaban J connectivity index is 1.49. The van der Waals surface area contributed by atoms with Crippen LogP contribution in [0.4, 0.5) is 5.69 Å². The van der Waals surface area contributed by atoms with Gasteiger partial charge < -0.3 is 35.2 Å². The highest BCUT2D eigenvalue weighted by Crippen LogP contribution is 2.28. The average molecular weight is 536 g/mol. The minimum absolute atomic E-state index is 0.0287. The van der Waals surface area contributed by atoms with E-state index in [-0.39, 0.29) is 11.3 Å². The summed E-state index contributed by atoms with van der Waals surface area (Å²) in [5.74, 6) is 0.536. The zero-order valence-electron chi connectivity index (χ0n) is 22.7. The van der Waals surface area contributed by atoms with Crippen LogP contribution in [0.2, 0.25) is 0 Å². The molecule has 5 N–H and O–H groups in total. The second-order valence-corrected chi connectivity index (χ2v) is 9.42. The first-order valence-corrected chi connectivity index (χ1v) is 13.0. The molecule has 0 saturated carbocycles. The third-order valence-electron chi connectivity index (χ3n) is 6.53. The Kier molecular flexibility index (Phi) is 9.98. The van der Waals surface area contributed by atoms with Crippen LogP contribution in [0, 0.1) is 13.8 Å². The number of aryl methyl sites for hydroxylation is 2. The SMILES string of the molecule is COCc1ccc(C)c(NNN/C=C(\O)c2cc(OCCN3CCOCC3)cc(-c3c(C)cc[nH]c3=O)c2)c1. The summed E-state index contributed by atoms with van der Waals surface area (Å²) in [5.41, 5.74) is 14.1. The van der Waals surface area contributed by atoms with Crippen LogP contribution in [-0.2, 0) is 16.1 Å². The molecule has 208 valence electrons. The standard InChI is InChI=1S/C29H37N5O5/c1-20-4-5-22(19-37-3)14-26(20)32-33-31-18-27(35)23-15-24(28-21(2)6-7-30-29(28)36)17-25(16-23)39-13-10-34-8-11-38-12-9-34/h4-7,14-18,31-33,35H,8-13,19H2,1-3H3,(H,30,36)/b27-18-. The molecule has 1 aromatic heterocycles. The number of benzene rings is 2. The highest BCUT2D eigenvalue weighted by atomic mass is 16.5. The Bertz CT molecular complexity index is 1330. The van der Waals surface area contributed by atoms with Crippen LogP contribution in [-0.4, -0.2) is 61.6 Å². The number of aromatic nitrogens is 1. The number of pyridine rings is 1. The summed E-state index contributed by atoms with van der Waals surface area (Å²) in [4.78, 5) is 17.7. The number of hydrazine groups is 2. The van der Waals surface area contributed by atoms with Gasteiger partial charge in [0.05, 0.1) is 37.3 Å². The maximum Gasteiger partial charge on any atom is 0.256 e. The van der Waals surface area contributed by atoms with Crippen molar-refractivity contribution in [2.24, 2.45) is 0 Å². The van der Waals surface area contributed by atoms with E-state index in [1.54, 1.807) is 25.4 Å². The Labute approximate surface area is 228 Å². The summed E-state index contributed by atoms with van der Waals surface area (Å²) in [6, 6.07) is 13.2. The molecular weight excluding hydrogens is 498 g/mol. The van der Waals surface area contributed by atoms with Crippen molar-refractivity contribution in [2.45, 2.75) is 20.5 Å². The van der Waals surface area contributed by atoms with Crippen LogP contribution in [0.1, 0.15) is 22.3 Å². The first-order valence-electron chi connectivity index (χ1n) is 13.0. The molecule has 2 heterocycles. The molecule has 3 aromatic rings. The number of rotatable bonds is 12. The predicted octanol–water partition coefficient (Wildman–Crippen LogP) is 3.49. The lowest BCUT2D eigenvalue weighted by molar-refractivity contribution is 0.0322. The van der Waals surface area contributed by atoms with E-state index in [2.05, 4.69) is 26.3 Å². The van der Waals surface area contributed by atoms with Gasteiger partial charge in [0.1, 0.15) is 18.1 Å². The van der Waals surface area contributed by atoms with E-state index in [0.717, 1.165) is 55.2 Å². The van der Waals surface area contributed by atoms with Crippen LogP contribution in [0.3, 0.4) is 0 Å². The van der Waals surface area contributed by atoms with Gasteiger partial charge in [-0.2, -0.15) is 5.53 Å². The second kappa shape index (κ2) is 13.8. The molecule has 1 saturated heterocycles. The number of aliphatic hydroxyl groups excluding tert-OH is 1. The van der Waals surface area contributed by atoms with Gasteiger partial charge in [0.15, 0.2) is 0 Å². The molecule has 0 amide bonds. The molecule has 10 nitrogen and oxygen atoms in total. The fourth-order valence-corrected chi connectivity index (χ4v) is 4.38. The lowest BCUT2D eigenvalue weighted by Crippen LogP contribution is -2.38. The zero-order valence-corrected chi connectivity index (χ0v) is 22.7. The number of aromatic amines is 1. The number of H-pyrrole nitrogens is 1. The van der Waals surface area contributed by atoms with Crippen LogP contribution in [0.25, 0.3) is 16.9 Å². The maximum atomic E-state index is 12.7. The van der Waals surface area contributed by atoms with Crippen molar-refractivity contribution < 1.29 is 19.3 Å². The summed E-state index contributed by atoms with van der Waals surface area (Å²) in [7, 11) is 1.66. The zero-order chi connectivity index (χ0) is 27.6. The summed E-state index contributed by atoms with van der Waals surface area (Å²) in [5, 5.41) is 10.9. The first-order chi connectivity index (χ1) is 18.9. The molecule has 1 aliphatic rings. The molecule has 2 aromatic carbocycles. The van der Waals surface area contributed by atoms with Gasteiger partial charge in [0.2, 0.25) is 0 Å². The van der Waals surface area contributed by atoms with Gasteiger partial charge in [-0.3, -0.25) is 9.69 Å². The number of ether oxygens (including phenoxy) is 3. The number of hydrogen-bond acceptors (Lipinski definition) is 9. The molecular formula is C29H37N5O5. The second-order valence-electron chi connectivity index (χ2n) is 9.42. The smallest absolute Gasteiger partial charge is 0.256 e. The van der Waals surface area contributed by atoms with E-state index in [1.165, 1.54) is 6.20 Å². The number of methoxy groups -OCH3 is 1. The van der Waals surface area contributed by atoms with E-state index in [4.69, 9.17) is 14.2 Å². The number of nitrogens with zero attached hydrogens (tertiary/aromatic N) is 1. The lowest BCUT2D eigenvalue weighted by atomic mass is 9.99. The van der Waals surface area contributed by atoms with Gasteiger partial charge in [-0.05, 0) is 66.4 Å². The number of nitrogens with one attached hydrogen (secondary N) is 4. The van der Waals surface area contributed by atoms with E-state index in [0.29, 0.717) is 35.7 Å². The van der Waals surface area contributed by atoms with E-state index < -0.39 is 0 Å². The lowest BCUT2D eigenvalue weighted by Gasteiger charge is -2.26. The van der Waals surface area contributed by atoms with Crippen molar-refractivity contribution in [2.75, 3.05) is 52.0 Å². The maximum absolute atomic E-state index is 12.7. The van der Waals surface area contributed by atoms with Crippen LogP contribution in [0.15, 0.2) is 59.7 Å². The molecule has 4 rings (SSSR count). The molecule has 0 unspecified atom stereocenters. The highest BCUT2D eigenvalue weighted by Gasteiger charge is 2.14. The molecule has 1 fully saturated rings. The van der Waals surface area contributed by atoms with Crippen molar-refractivity contribution in [3.8, 4) is 16.9 Å². The van der Waals surface area contributed by atoms with Crippen molar-refractivity contribution >= 4 is 11.4 Å². The molecule has 0 aliphatic carbocycles. The third kappa shape index (κ3) is 7.84. The highest BCUT2D eigenvalue weighted by molar-refractivity contribution is 5.73. The molecule has 0 radical (unpaired) electrons. The Morgan fingerprint density at radius 2 is 1.95 bits per heavy atom. The van der Waals surface area contributed by atoms with Crippen LogP contribution < -0.4 is 26.7 Å². The molecule has 1 aliphatic heterocycles. The Morgan fingerprint density at radius 1 is 1.13 bits per heavy atom. The average Bonchev–Trinajstić information content (AvgIpc) is 2.93. The fraction of sp³-hybridized carbons (Fsp3) is 0.345. The number of aliphatic hydroxyl groups is 1. The minimum Gasteiger partial charge on any atom is -0.506 e. The fourth-order valence-electron chi connectivity index (χ4n) is 4.38. The van der Waals surface area contributed by atoms with Crippen molar-refractivity contribution in [1.82, 2.24) is 20.8 Å². The summed E-state index contributed by atoms with van der Waals surface area (Å²) < 4.78 is 16.7. The Hall–Kier alpha value is -3.83. The van der Waals surface area contributed by atoms with Crippen LogP contribution in [0.5, 0.6) is 5.75 Å².